The van der Waals surface area contributed by atoms with Gasteiger partial charge in [-0.1, -0.05) is 52.0 Å². The van der Waals surface area contributed by atoms with Gasteiger partial charge >= 0.3 is 0 Å². The van der Waals surface area contributed by atoms with E-state index in [1.807, 2.05) is 0 Å². The maximum atomic E-state index is 5.70. The van der Waals surface area contributed by atoms with Crippen LogP contribution < -0.4 is 5.32 Å². The molecule has 0 atom stereocenters. The minimum atomic E-state index is 0.514. The highest BCUT2D eigenvalue weighted by Gasteiger charge is 2.03. The molecule has 2 heteroatoms. The van der Waals surface area contributed by atoms with Gasteiger partial charge in [0.1, 0.15) is 0 Å². The van der Waals surface area contributed by atoms with Gasteiger partial charge in [0.15, 0.2) is 0 Å². The van der Waals surface area contributed by atoms with Crippen molar-refractivity contribution in [3.05, 3.63) is 35.4 Å². The third-order valence-electron chi connectivity index (χ3n) is 2.53. The van der Waals surface area contributed by atoms with Crippen LogP contribution >= 0.6 is 0 Å². The van der Waals surface area contributed by atoms with Crippen molar-refractivity contribution in [3.8, 4) is 0 Å². The van der Waals surface area contributed by atoms with Crippen molar-refractivity contribution in [1.29, 1.82) is 0 Å². The van der Waals surface area contributed by atoms with Crippen LogP contribution in [0.1, 0.15) is 38.8 Å². The molecule has 0 aliphatic rings. The molecular weight excluding hydrogens is 210 g/mol. The van der Waals surface area contributed by atoms with E-state index >= 15 is 0 Å². The van der Waals surface area contributed by atoms with Crippen molar-refractivity contribution in [3.63, 3.8) is 0 Å². The molecule has 1 aromatic carbocycles. The molecule has 0 fully saturated rings. The molecule has 1 rings (SSSR count). The van der Waals surface area contributed by atoms with E-state index in [9.17, 15) is 0 Å². The predicted octanol–water partition coefficient (Wildman–Crippen LogP) is 3.36. The Morgan fingerprint density at radius 1 is 1.06 bits per heavy atom. The molecule has 0 spiro atoms. The van der Waals surface area contributed by atoms with Gasteiger partial charge in [-0.15, -0.1) is 0 Å². The maximum Gasteiger partial charge on any atom is 0.0720 e. The molecule has 1 N–H and O–H groups in total. The van der Waals surface area contributed by atoms with Gasteiger partial charge in [-0.2, -0.15) is 0 Å². The first-order valence-corrected chi connectivity index (χ1v) is 6.47. The van der Waals surface area contributed by atoms with Crippen molar-refractivity contribution in [1.82, 2.24) is 5.32 Å². The van der Waals surface area contributed by atoms with Crippen LogP contribution in [0.15, 0.2) is 24.3 Å². The van der Waals surface area contributed by atoms with Gasteiger partial charge in [0.05, 0.1) is 6.61 Å². The third kappa shape index (κ3) is 5.85. The first-order chi connectivity index (χ1) is 8.09. The minimum Gasteiger partial charge on any atom is -0.376 e. The van der Waals surface area contributed by atoms with Crippen LogP contribution in [-0.4, -0.2) is 12.6 Å². The number of rotatable bonds is 7. The van der Waals surface area contributed by atoms with E-state index in [2.05, 4.69) is 57.3 Å². The lowest BCUT2D eigenvalue weighted by Gasteiger charge is -2.13. The van der Waals surface area contributed by atoms with E-state index in [1.54, 1.807) is 0 Å². The number of hydrogen-bond donors (Lipinski definition) is 1. The van der Waals surface area contributed by atoms with E-state index in [1.165, 1.54) is 11.1 Å². The molecule has 0 aliphatic carbocycles. The molecule has 2 nitrogen and oxygen atoms in total. The van der Waals surface area contributed by atoms with Crippen LogP contribution in [0.3, 0.4) is 0 Å². The fourth-order valence-corrected chi connectivity index (χ4v) is 1.59. The summed E-state index contributed by atoms with van der Waals surface area (Å²) in [5.74, 6) is 0.593. The molecule has 0 amide bonds. The second kappa shape index (κ2) is 7.46. The molecule has 0 saturated carbocycles. The highest BCUT2D eigenvalue weighted by Crippen LogP contribution is 2.11. The second-order valence-corrected chi connectivity index (χ2v) is 5.21. The van der Waals surface area contributed by atoms with Gasteiger partial charge in [-0.3, -0.25) is 0 Å². The molecule has 17 heavy (non-hydrogen) atoms. The normalized spacial score (nSPS) is 11.4. The molecule has 0 saturated heterocycles. The van der Waals surface area contributed by atoms with Gasteiger partial charge in [0.2, 0.25) is 0 Å². The molecule has 0 aliphatic heterocycles. The molecule has 0 bridgehead atoms. The summed E-state index contributed by atoms with van der Waals surface area (Å²) in [6.07, 6.45) is 0. The Bertz CT molecular complexity index is 320. The minimum absolute atomic E-state index is 0.514. The summed E-state index contributed by atoms with van der Waals surface area (Å²) in [6, 6.07) is 9.00. The van der Waals surface area contributed by atoms with Crippen molar-refractivity contribution in [2.45, 2.75) is 46.9 Å². The summed E-state index contributed by atoms with van der Waals surface area (Å²) in [7, 11) is 0. The fourth-order valence-electron chi connectivity index (χ4n) is 1.59. The molecular formula is C15H25NO. The fraction of sp³-hybridized carbons (Fsp3) is 0.600. The first-order valence-electron chi connectivity index (χ1n) is 6.47. The smallest absolute Gasteiger partial charge is 0.0720 e. The summed E-state index contributed by atoms with van der Waals surface area (Å²) in [6.45, 7) is 11.1. The lowest BCUT2D eigenvalue weighted by Crippen LogP contribution is -2.22. The van der Waals surface area contributed by atoms with Crippen LogP contribution in [0.4, 0.5) is 0 Å². The molecule has 96 valence electrons. The molecule has 1 aromatic rings. The van der Waals surface area contributed by atoms with Gasteiger partial charge in [0, 0.05) is 19.2 Å². The summed E-state index contributed by atoms with van der Waals surface area (Å²) in [5.41, 5.74) is 2.63. The van der Waals surface area contributed by atoms with Gasteiger partial charge in [-0.05, 0) is 17.0 Å². The van der Waals surface area contributed by atoms with Crippen LogP contribution in [-0.2, 0) is 17.9 Å². The maximum absolute atomic E-state index is 5.70. The number of ether oxygens (including phenoxy) is 1. The Balaban J connectivity index is 2.51. The van der Waals surface area contributed by atoms with Crippen LogP contribution in [0.25, 0.3) is 0 Å². The predicted molar refractivity (Wildman–Crippen MR) is 72.9 cm³/mol. The largest absolute Gasteiger partial charge is 0.376 e. The Hall–Kier alpha value is -0.860. The summed E-state index contributed by atoms with van der Waals surface area (Å²) >= 11 is 0. The highest BCUT2D eigenvalue weighted by molar-refractivity contribution is 5.26. The standard InChI is InChI=1S/C15H25NO/c1-12(2)10-17-11-15-8-6-5-7-14(15)9-16-13(3)4/h5-8,12-13,16H,9-11H2,1-4H3. The lowest BCUT2D eigenvalue weighted by atomic mass is 10.1. The zero-order valence-corrected chi connectivity index (χ0v) is 11.5. The van der Waals surface area contributed by atoms with Gasteiger partial charge < -0.3 is 10.1 Å². The van der Waals surface area contributed by atoms with Crippen LogP contribution in [0.2, 0.25) is 0 Å². The topological polar surface area (TPSA) is 21.3 Å². The van der Waals surface area contributed by atoms with Gasteiger partial charge in [-0.25, -0.2) is 0 Å². The quantitative estimate of drug-likeness (QED) is 0.782. The van der Waals surface area contributed by atoms with Crippen LogP contribution in [0.5, 0.6) is 0 Å². The molecule has 0 radical (unpaired) electrons. The summed E-state index contributed by atoms with van der Waals surface area (Å²) < 4.78 is 5.70. The number of benzene rings is 1. The monoisotopic (exact) mass is 235 g/mol. The number of nitrogens with one attached hydrogen (secondary N) is 1. The Morgan fingerprint density at radius 2 is 1.71 bits per heavy atom. The van der Waals surface area contributed by atoms with E-state index in [0.717, 1.165) is 13.2 Å². The average molecular weight is 235 g/mol. The van der Waals surface area contributed by atoms with Crippen molar-refractivity contribution < 1.29 is 4.74 Å². The summed E-state index contributed by atoms with van der Waals surface area (Å²) in [5, 5.41) is 3.45. The van der Waals surface area contributed by atoms with E-state index in [4.69, 9.17) is 4.74 Å². The SMILES string of the molecule is CC(C)COCc1ccccc1CNC(C)C. The summed E-state index contributed by atoms with van der Waals surface area (Å²) in [4.78, 5) is 0. The van der Waals surface area contributed by atoms with Gasteiger partial charge in [0.25, 0.3) is 0 Å². The van der Waals surface area contributed by atoms with Crippen molar-refractivity contribution in [2.75, 3.05) is 6.61 Å². The van der Waals surface area contributed by atoms with E-state index in [0.29, 0.717) is 18.6 Å². The average Bonchev–Trinajstić information content (AvgIpc) is 2.27. The second-order valence-electron chi connectivity index (χ2n) is 5.21. The molecule has 0 heterocycles. The van der Waals surface area contributed by atoms with Crippen molar-refractivity contribution >= 4 is 0 Å². The Labute approximate surface area is 105 Å². The first kappa shape index (κ1) is 14.2. The molecule has 0 aromatic heterocycles. The lowest BCUT2D eigenvalue weighted by molar-refractivity contribution is 0.0965. The zero-order valence-electron chi connectivity index (χ0n) is 11.5. The third-order valence-corrected chi connectivity index (χ3v) is 2.53. The molecule has 0 unspecified atom stereocenters. The van der Waals surface area contributed by atoms with E-state index < -0.39 is 0 Å². The highest BCUT2D eigenvalue weighted by atomic mass is 16.5. The van der Waals surface area contributed by atoms with Crippen molar-refractivity contribution in [2.24, 2.45) is 5.92 Å². The Morgan fingerprint density at radius 3 is 2.29 bits per heavy atom. The van der Waals surface area contributed by atoms with E-state index in [-0.39, 0.29) is 0 Å². The zero-order chi connectivity index (χ0) is 12.7. The number of hydrogen-bond acceptors (Lipinski definition) is 2. The van der Waals surface area contributed by atoms with Crippen LogP contribution in [0, 0.1) is 5.92 Å². The Kier molecular flexibility index (Phi) is 6.23.